The van der Waals surface area contributed by atoms with Crippen molar-refractivity contribution in [3.63, 3.8) is 0 Å². The van der Waals surface area contributed by atoms with E-state index in [0.29, 0.717) is 11.1 Å². The monoisotopic (exact) mass is 462 g/mol. The highest BCUT2D eigenvalue weighted by Crippen LogP contribution is 2.32. The first-order chi connectivity index (χ1) is 16.2. The van der Waals surface area contributed by atoms with E-state index in [-0.39, 0.29) is 22.5 Å². The van der Waals surface area contributed by atoms with Crippen molar-refractivity contribution in [3.05, 3.63) is 123 Å². The molecule has 0 amide bonds. The lowest BCUT2D eigenvalue weighted by molar-refractivity contribution is -0.394. The molecule has 3 aromatic carbocycles. The van der Waals surface area contributed by atoms with Crippen LogP contribution in [0.15, 0.2) is 60.7 Å². The minimum Gasteiger partial charge on any atom is -0.258 e. The molecular weight excluding hydrogens is 448 g/mol. The van der Waals surface area contributed by atoms with Crippen LogP contribution in [0.2, 0.25) is 0 Å². The Balaban J connectivity index is 2.07. The molecular formula is C22H14N4O8. The van der Waals surface area contributed by atoms with Crippen molar-refractivity contribution in [1.82, 2.24) is 0 Å². The maximum atomic E-state index is 11.5. The number of non-ortho nitro benzene ring substituents is 2. The van der Waals surface area contributed by atoms with Crippen LogP contribution in [0.25, 0.3) is 24.3 Å². The van der Waals surface area contributed by atoms with Gasteiger partial charge in [-0.1, -0.05) is 36.4 Å². The van der Waals surface area contributed by atoms with Gasteiger partial charge in [-0.15, -0.1) is 0 Å². The van der Waals surface area contributed by atoms with E-state index in [4.69, 9.17) is 0 Å². The molecule has 0 saturated heterocycles. The van der Waals surface area contributed by atoms with Crippen molar-refractivity contribution in [2.75, 3.05) is 0 Å². The molecule has 170 valence electrons. The fraction of sp³-hybridized carbons (Fsp3) is 0. The summed E-state index contributed by atoms with van der Waals surface area (Å²) in [5.74, 6) is 0. The highest BCUT2D eigenvalue weighted by molar-refractivity contribution is 5.82. The van der Waals surface area contributed by atoms with Crippen LogP contribution in [0.5, 0.6) is 0 Å². The van der Waals surface area contributed by atoms with Crippen LogP contribution in [-0.4, -0.2) is 19.7 Å². The van der Waals surface area contributed by atoms with E-state index in [9.17, 15) is 40.5 Å². The summed E-state index contributed by atoms with van der Waals surface area (Å²) in [6.07, 6.45) is 5.47. The Kier molecular flexibility index (Phi) is 6.82. The van der Waals surface area contributed by atoms with Crippen molar-refractivity contribution < 1.29 is 19.7 Å². The van der Waals surface area contributed by atoms with E-state index in [1.54, 1.807) is 12.1 Å². The normalized spacial score (nSPS) is 11.1. The van der Waals surface area contributed by atoms with Crippen LogP contribution in [-0.2, 0) is 0 Å². The molecule has 0 heterocycles. The molecule has 0 unspecified atom stereocenters. The van der Waals surface area contributed by atoms with Gasteiger partial charge >= 0.3 is 0 Å². The number of nitro benzene ring substituents is 4. The Morgan fingerprint density at radius 3 is 1.26 bits per heavy atom. The minimum atomic E-state index is -0.770. The zero-order valence-corrected chi connectivity index (χ0v) is 17.1. The molecule has 0 aliphatic carbocycles. The Bertz CT molecular complexity index is 1280. The quantitative estimate of drug-likeness (QED) is 0.234. The second kappa shape index (κ2) is 9.91. The van der Waals surface area contributed by atoms with Crippen molar-refractivity contribution in [2.45, 2.75) is 0 Å². The summed E-state index contributed by atoms with van der Waals surface area (Å²) < 4.78 is 0. The van der Waals surface area contributed by atoms with E-state index in [1.807, 2.05) is 0 Å². The zero-order valence-electron chi connectivity index (χ0n) is 17.1. The van der Waals surface area contributed by atoms with E-state index >= 15 is 0 Å². The van der Waals surface area contributed by atoms with Gasteiger partial charge in [-0.2, -0.15) is 0 Å². The number of benzene rings is 3. The maximum Gasteiger partial charge on any atom is 0.283 e. The van der Waals surface area contributed by atoms with Crippen LogP contribution < -0.4 is 0 Å². The third kappa shape index (κ3) is 5.50. The van der Waals surface area contributed by atoms with E-state index < -0.39 is 31.1 Å². The average Bonchev–Trinajstić information content (AvgIpc) is 2.81. The molecule has 0 spiro atoms. The van der Waals surface area contributed by atoms with Gasteiger partial charge in [-0.25, -0.2) is 0 Å². The lowest BCUT2D eigenvalue weighted by Gasteiger charge is -2.03. The van der Waals surface area contributed by atoms with Gasteiger partial charge in [0.15, 0.2) is 0 Å². The van der Waals surface area contributed by atoms with Gasteiger partial charge in [0.05, 0.1) is 36.9 Å². The predicted molar refractivity (Wildman–Crippen MR) is 124 cm³/mol. The van der Waals surface area contributed by atoms with Crippen molar-refractivity contribution >= 4 is 47.1 Å². The fourth-order valence-corrected chi connectivity index (χ4v) is 3.05. The smallest absolute Gasteiger partial charge is 0.258 e. The highest BCUT2D eigenvalue weighted by atomic mass is 16.6. The molecule has 0 fully saturated rings. The summed E-state index contributed by atoms with van der Waals surface area (Å²) in [5.41, 5.74) is -0.531. The SMILES string of the molecule is O=[N+]([O-])c1cccc(C=Cc2cc(C=Cc3cccc([N+](=O)[O-])c3)c([N+](=O)[O-])cc2[N+](=O)[O-])c1. The van der Waals surface area contributed by atoms with Gasteiger partial charge in [0.2, 0.25) is 0 Å². The summed E-state index contributed by atoms with van der Waals surface area (Å²) in [5, 5.41) is 44.9. The van der Waals surface area contributed by atoms with Gasteiger partial charge in [-0.3, -0.25) is 40.5 Å². The van der Waals surface area contributed by atoms with Gasteiger partial charge in [0.1, 0.15) is 0 Å². The predicted octanol–water partition coefficient (Wildman–Crippen LogP) is 5.66. The Morgan fingerprint density at radius 2 is 0.912 bits per heavy atom. The van der Waals surface area contributed by atoms with E-state index in [2.05, 4.69) is 0 Å². The summed E-state index contributed by atoms with van der Waals surface area (Å²) in [7, 11) is 0. The average molecular weight is 462 g/mol. The van der Waals surface area contributed by atoms with Crippen LogP contribution in [0.3, 0.4) is 0 Å². The first-order valence-electron chi connectivity index (χ1n) is 9.47. The Labute approximate surface area is 190 Å². The molecule has 34 heavy (non-hydrogen) atoms. The zero-order chi connectivity index (χ0) is 24.8. The van der Waals surface area contributed by atoms with Gasteiger partial charge in [0, 0.05) is 24.3 Å². The van der Waals surface area contributed by atoms with Crippen LogP contribution in [0.4, 0.5) is 22.7 Å². The van der Waals surface area contributed by atoms with Crippen molar-refractivity contribution in [3.8, 4) is 0 Å². The number of nitro groups is 4. The summed E-state index contributed by atoms with van der Waals surface area (Å²) in [6, 6.07) is 13.2. The number of hydrogen-bond acceptors (Lipinski definition) is 8. The fourth-order valence-electron chi connectivity index (χ4n) is 3.05. The van der Waals surface area contributed by atoms with Gasteiger partial charge in [-0.05, 0) is 29.3 Å². The summed E-state index contributed by atoms with van der Waals surface area (Å²) >= 11 is 0. The largest absolute Gasteiger partial charge is 0.283 e. The molecule has 3 rings (SSSR count). The maximum absolute atomic E-state index is 11.5. The number of rotatable bonds is 8. The highest BCUT2D eigenvalue weighted by Gasteiger charge is 2.22. The molecule has 0 aromatic heterocycles. The topological polar surface area (TPSA) is 173 Å². The first kappa shape index (κ1) is 23.4. The molecule has 12 heteroatoms. The Hall–Kier alpha value is -5.26. The molecule has 0 bridgehead atoms. The molecule has 0 atom stereocenters. The molecule has 0 saturated carbocycles. The van der Waals surface area contributed by atoms with E-state index in [0.717, 1.165) is 6.07 Å². The van der Waals surface area contributed by atoms with Gasteiger partial charge < -0.3 is 0 Å². The van der Waals surface area contributed by atoms with Crippen molar-refractivity contribution in [1.29, 1.82) is 0 Å². The van der Waals surface area contributed by atoms with Crippen LogP contribution in [0.1, 0.15) is 22.3 Å². The Morgan fingerprint density at radius 1 is 0.500 bits per heavy atom. The second-order valence-electron chi connectivity index (χ2n) is 6.85. The number of hydrogen-bond donors (Lipinski definition) is 0. The lowest BCUT2D eigenvalue weighted by Crippen LogP contribution is -1.98. The van der Waals surface area contributed by atoms with E-state index in [1.165, 1.54) is 66.8 Å². The minimum absolute atomic E-state index is 0.0285. The summed E-state index contributed by atoms with van der Waals surface area (Å²) in [4.78, 5) is 42.2. The second-order valence-corrected chi connectivity index (χ2v) is 6.85. The molecule has 12 nitrogen and oxygen atoms in total. The lowest BCUT2D eigenvalue weighted by atomic mass is 10.0. The molecule has 0 radical (unpaired) electrons. The summed E-state index contributed by atoms with van der Waals surface area (Å²) in [6.45, 7) is 0. The number of nitrogens with zero attached hydrogens (tertiary/aromatic N) is 4. The third-order valence-electron chi connectivity index (χ3n) is 4.64. The molecule has 3 aromatic rings. The first-order valence-corrected chi connectivity index (χ1v) is 9.47. The molecule has 0 aliphatic rings. The van der Waals surface area contributed by atoms with Gasteiger partial charge in [0.25, 0.3) is 22.7 Å². The molecule has 0 N–H and O–H groups in total. The third-order valence-corrected chi connectivity index (χ3v) is 4.64. The van der Waals surface area contributed by atoms with Crippen LogP contribution in [0, 0.1) is 40.5 Å². The van der Waals surface area contributed by atoms with Crippen LogP contribution >= 0.6 is 0 Å². The van der Waals surface area contributed by atoms with Crippen molar-refractivity contribution in [2.24, 2.45) is 0 Å². The standard InChI is InChI=1S/C22H14N4O8/c27-23(28)19-5-1-3-15(11-19)7-9-17-13-18(22(26(33)34)14-21(17)25(31)32)10-8-16-4-2-6-20(12-16)24(29)30/h1-14H. The molecule has 0 aliphatic heterocycles.